The summed E-state index contributed by atoms with van der Waals surface area (Å²) >= 11 is 0. The number of nitriles is 1. The van der Waals surface area contributed by atoms with Crippen molar-refractivity contribution in [3.05, 3.63) is 54.1 Å². The number of hydrogen-bond acceptors (Lipinski definition) is 4. The van der Waals surface area contributed by atoms with Crippen molar-refractivity contribution in [2.75, 3.05) is 7.11 Å². The highest BCUT2D eigenvalue weighted by Gasteiger charge is 2.15. The van der Waals surface area contributed by atoms with Gasteiger partial charge in [-0.15, -0.1) is 0 Å². The van der Waals surface area contributed by atoms with E-state index >= 15 is 0 Å². The van der Waals surface area contributed by atoms with Crippen molar-refractivity contribution in [2.45, 2.75) is 12.6 Å². The Balaban J connectivity index is 1.88. The first-order valence-corrected chi connectivity index (χ1v) is 6.62. The monoisotopic (exact) mass is 281 g/mol. The van der Waals surface area contributed by atoms with E-state index in [0.717, 1.165) is 28.0 Å². The second-order valence-corrected chi connectivity index (χ2v) is 4.68. The van der Waals surface area contributed by atoms with E-state index in [1.165, 1.54) is 0 Å². The zero-order chi connectivity index (χ0) is 14.7. The normalized spacial score (nSPS) is 12.2. The topological polar surface area (TPSA) is 74.0 Å². The minimum atomic E-state index is -0.420. The summed E-state index contributed by atoms with van der Waals surface area (Å²) in [6.07, 6.45) is 3.47. The van der Waals surface area contributed by atoms with Crippen molar-refractivity contribution < 1.29 is 9.15 Å². The van der Waals surface area contributed by atoms with Crippen LogP contribution >= 0.6 is 0 Å². The highest BCUT2D eigenvalue weighted by molar-refractivity contribution is 5.85. The number of H-pyrrole nitrogens is 1. The molecule has 0 bridgehead atoms. The zero-order valence-corrected chi connectivity index (χ0v) is 11.6. The van der Waals surface area contributed by atoms with E-state index in [9.17, 15) is 5.26 Å². The van der Waals surface area contributed by atoms with Crippen LogP contribution in [0, 0.1) is 11.3 Å². The van der Waals surface area contributed by atoms with Crippen LogP contribution in [0.3, 0.4) is 0 Å². The fraction of sp³-hybridized carbons (Fsp3) is 0.188. The Morgan fingerprint density at radius 1 is 1.43 bits per heavy atom. The van der Waals surface area contributed by atoms with Gasteiger partial charge in [-0.3, -0.25) is 5.32 Å². The molecule has 21 heavy (non-hydrogen) atoms. The third-order valence-electron chi connectivity index (χ3n) is 3.42. The van der Waals surface area contributed by atoms with Crippen LogP contribution < -0.4 is 10.1 Å². The predicted molar refractivity (Wildman–Crippen MR) is 78.8 cm³/mol. The minimum Gasteiger partial charge on any atom is -0.497 e. The summed E-state index contributed by atoms with van der Waals surface area (Å²) in [5.41, 5.74) is 1.88. The molecule has 5 nitrogen and oxygen atoms in total. The molecular weight excluding hydrogens is 266 g/mol. The van der Waals surface area contributed by atoms with Crippen molar-refractivity contribution in [2.24, 2.45) is 0 Å². The standard InChI is InChI=1S/C16H15N3O2/c1-20-11-4-5-15-13(7-11)14(10-19-15)16(8-17)18-9-12-3-2-6-21-12/h2-7,10,16,18-19H,9H2,1H3. The SMILES string of the molecule is COc1ccc2[nH]cc(C(C#N)NCc3ccco3)c2c1. The van der Waals surface area contributed by atoms with Crippen molar-refractivity contribution >= 4 is 10.9 Å². The Labute approximate surface area is 122 Å². The maximum atomic E-state index is 9.42. The van der Waals surface area contributed by atoms with Crippen molar-refractivity contribution in [3.63, 3.8) is 0 Å². The van der Waals surface area contributed by atoms with Gasteiger partial charge in [0, 0.05) is 22.7 Å². The van der Waals surface area contributed by atoms with Crippen LogP contribution in [0.15, 0.2) is 47.2 Å². The molecule has 0 aliphatic rings. The molecule has 0 spiro atoms. The first kappa shape index (κ1) is 13.3. The van der Waals surface area contributed by atoms with Gasteiger partial charge in [-0.1, -0.05) is 0 Å². The van der Waals surface area contributed by atoms with Crippen molar-refractivity contribution in [3.8, 4) is 11.8 Å². The largest absolute Gasteiger partial charge is 0.497 e. The molecule has 3 aromatic rings. The quantitative estimate of drug-likeness (QED) is 0.753. The number of hydrogen-bond donors (Lipinski definition) is 2. The van der Waals surface area contributed by atoms with Crippen LogP contribution in [0.5, 0.6) is 5.75 Å². The number of furan rings is 1. The summed E-state index contributed by atoms with van der Waals surface area (Å²) in [4.78, 5) is 3.18. The summed E-state index contributed by atoms with van der Waals surface area (Å²) in [7, 11) is 1.63. The van der Waals surface area contributed by atoms with E-state index in [-0.39, 0.29) is 0 Å². The lowest BCUT2D eigenvalue weighted by molar-refractivity contribution is 0.415. The van der Waals surface area contributed by atoms with Crippen LogP contribution in [0.4, 0.5) is 0 Å². The van der Waals surface area contributed by atoms with Crippen molar-refractivity contribution in [1.82, 2.24) is 10.3 Å². The molecule has 0 amide bonds. The smallest absolute Gasteiger partial charge is 0.123 e. The number of fused-ring (bicyclic) bond motifs is 1. The van der Waals surface area contributed by atoms with E-state index in [0.29, 0.717) is 6.54 Å². The van der Waals surface area contributed by atoms with Gasteiger partial charge in [-0.2, -0.15) is 5.26 Å². The highest BCUT2D eigenvalue weighted by atomic mass is 16.5. The summed E-state index contributed by atoms with van der Waals surface area (Å²) in [5, 5.41) is 13.6. The first-order valence-electron chi connectivity index (χ1n) is 6.62. The Morgan fingerprint density at radius 3 is 3.05 bits per heavy atom. The molecule has 2 heterocycles. The number of benzene rings is 1. The van der Waals surface area contributed by atoms with Crippen LogP contribution in [0.25, 0.3) is 10.9 Å². The van der Waals surface area contributed by atoms with Gasteiger partial charge in [0.15, 0.2) is 0 Å². The number of aromatic amines is 1. The molecule has 0 saturated carbocycles. The first-order chi connectivity index (χ1) is 10.3. The van der Waals surface area contributed by atoms with E-state index in [4.69, 9.17) is 9.15 Å². The summed E-state index contributed by atoms with van der Waals surface area (Å²) in [6, 6.07) is 11.3. The van der Waals surface area contributed by atoms with Crippen LogP contribution in [-0.4, -0.2) is 12.1 Å². The molecule has 1 unspecified atom stereocenters. The van der Waals surface area contributed by atoms with Gasteiger partial charge < -0.3 is 14.1 Å². The summed E-state index contributed by atoms with van der Waals surface area (Å²) in [6.45, 7) is 0.502. The van der Waals surface area contributed by atoms with E-state index < -0.39 is 6.04 Å². The second-order valence-electron chi connectivity index (χ2n) is 4.68. The second kappa shape index (κ2) is 5.73. The maximum absolute atomic E-state index is 9.42. The molecule has 5 heteroatoms. The van der Waals surface area contributed by atoms with Gasteiger partial charge in [0.25, 0.3) is 0 Å². The number of methoxy groups -OCH3 is 1. The summed E-state index contributed by atoms with van der Waals surface area (Å²) < 4.78 is 10.5. The maximum Gasteiger partial charge on any atom is 0.123 e. The lowest BCUT2D eigenvalue weighted by Gasteiger charge is -2.10. The number of nitrogens with one attached hydrogen (secondary N) is 2. The Kier molecular flexibility index (Phi) is 3.63. The number of aromatic nitrogens is 1. The average Bonchev–Trinajstić information content (AvgIpc) is 3.17. The zero-order valence-electron chi connectivity index (χ0n) is 11.6. The molecule has 0 aliphatic heterocycles. The third kappa shape index (κ3) is 2.62. The third-order valence-corrected chi connectivity index (χ3v) is 3.42. The Hall–Kier alpha value is -2.71. The van der Waals surface area contributed by atoms with E-state index in [2.05, 4.69) is 16.4 Å². The van der Waals surface area contributed by atoms with Crippen molar-refractivity contribution in [1.29, 1.82) is 5.26 Å². The molecule has 3 rings (SSSR count). The van der Waals surface area contributed by atoms with Gasteiger partial charge in [-0.25, -0.2) is 0 Å². The molecule has 1 atom stereocenters. The van der Waals surface area contributed by atoms with Crippen LogP contribution in [-0.2, 0) is 6.54 Å². The molecule has 0 aliphatic carbocycles. The lowest BCUT2D eigenvalue weighted by Crippen LogP contribution is -2.18. The molecule has 1 aromatic carbocycles. The number of nitrogens with zero attached hydrogens (tertiary/aromatic N) is 1. The van der Waals surface area contributed by atoms with Gasteiger partial charge >= 0.3 is 0 Å². The lowest BCUT2D eigenvalue weighted by atomic mass is 10.1. The summed E-state index contributed by atoms with van der Waals surface area (Å²) in [5.74, 6) is 1.57. The predicted octanol–water partition coefficient (Wildman–Crippen LogP) is 3.12. The minimum absolute atomic E-state index is 0.420. The molecule has 2 N–H and O–H groups in total. The molecule has 0 fully saturated rings. The Morgan fingerprint density at radius 2 is 2.33 bits per heavy atom. The van der Waals surface area contributed by atoms with E-state index in [1.54, 1.807) is 13.4 Å². The molecule has 2 aromatic heterocycles. The fourth-order valence-electron chi connectivity index (χ4n) is 2.33. The average molecular weight is 281 g/mol. The van der Waals surface area contributed by atoms with Gasteiger partial charge in [0.1, 0.15) is 17.6 Å². The Bertz CT molecular complexity index is 769. The van der Waals surface area contributed by atoms with Gasteiger partial charge in [0.05, 0.1) is 26.0 Å². The molecular formula is C16H15N3O2. The fourth-order valence-corrected chi connectivity index (χ4v) is 2.33. The van der Waals surface area contributed by atoms with Crippen LogP contribution in [0.2, 0.25) is 0 Å². The highest BCUT2D eigenvalue weighted by Crippen LogP contribution is 2.27. The molecule has 106 valence electrons. The number of rotatable bonds is 5. The van der Waals surface area contributed by atoms with E-state index in [1.807, 2.05) is 36.5 Å². The number of ether oxygens (including phenoxy) is 1. The molecule has 0 radical (unpaired) electrons. The van der Waals surface area contributed by atoms with Gasteiger partial charge in [-0.05, 0) is 30.3 Å². The molecule has 0 saturated heterocycles. The van der Waals surface area contributed by atoms with Gasteiger partial charge in [0.2, 0.25) is 0 Å². The van der Waals surface area contributed by atoms with Crippen LogP contribution in [0.1, 0.15) is 17.4 Å².